The van der Waals surface area contributed by atoms with E-state index in [1.54, 1.807) is 0 Å². The highest BCUT2D eigenvalue weighted by molar-refractivity contribution is 6.10. The van der Waals surface area contributed by atoms with Crippen molar-refractivity contribution in [3.8, 4) is 56.0 Å². The normalized spacial score (nSPS) is 14.0. The highest BCUT2D eigenvalue weighted by Gasteiger charge is 2.51. The van der Waals surface area contributed by atoms with Gasteiger partial charge in [-0.25, -0.2) is 0 Å². The number of rotatable bonds is 1. The molecule has 0 radical (unpaired) electrons. The Morgan fingerprint density at radius 3 is 1.76 bits per heavy atom. The molecule has 2 aliphatic carbocycles. The molecule has 1 spiro atoms. The zero-order chi connectivity index (χ0) is 30.0. The van der Waals surface area contributed by atoms with Gasteiger partial charge in [0, 0.05) is 10.9 Å². The first kappa shape index (κ1) is 24.4. The number of ether oxygens (including phenoxy) is 1. The van der Waals surface area contributed by atoms with Gasteiger partial charge >= 0.3 is 0 Å². The van der Waals surface area contributed by atoms with Crippen LogP contribution >= 0.6 is 0 Å². The number of hydrogen-bond acceptors (Lipinski definition) is 1. The third-order valence-corrected chi connectivity index (χ3v) is 10.7. The van der Waals surface area contributed by atoms with Crippen LogP contribution in [0.5, 0.6) is 11.5 Å². The van der Waals surface area contributed by atoms with Crippen LogP contribution in [0.25, 0.3) is 66.1 Å². The van der Waals surface area contributed by atoms with Crippen molar-refractivity contribution in [3.63, 3.8) is 0 Å². The molecule has 0 amide bonds. The molecule has 46 heavy (non-hydrogen) atoms. The fourth-order valence-corrected chi connectivity index (χ4v) is 8.82. The van der Waals surface area contributed by atoms with Crippen molar-refractivity contribution in [2.75, 3.05) is 0 Å². The van der Waals surface area contributed by atoms with Gasteiger partial charge in [-0.1, -0.05) is 127 Å². The van der Waals surface area contributed by atoms with Crippen LogP contribution in [0.2, 0.25) is 0 Å². The monoisotopic (exact) mass is 582 g/mol. The average molecular weight is 583 g/mol. The summed E-state index contributed by atoms with van der Waals surface area (Å²) in [5.41, 5.74) is 15.2. The number of para-hydroxylation sites is 1. The minimum atomic E-state index is -0.397. The van der Waals surface area contributed by atoms with Crippen LogP contribution in [0.4, 0.5) is 0 Å². The summed E-state index contributed by atoms with van der Waals surface area (Å²) in [5, 5.41) is 4.95. The minimum absolute atomic E-state index is 0.397. The molecule has 11 rings (SSSR count). The van der Waals surface area contributed by atoms with E-state index in [1.165, 1.54) is 82.7 Å². The number of hydrogen-bond donors (Lipinski definition) is 0. The van der Waals surface area contributed by atoms with E-state index < -0.39 is 5.41 Å². The van der Waals surface area contributed by atoms with Gasteiger partial charge in [0.25, 0.3) is 0 Å². The Morgan fingerprint density at radius 1 is 0.348 bits per heavy atom. The first-order valence-corrected chi connectivity index (χ1v) is 16.0. The molecule has 0 fully saturated rings. The van der Waals surface area contributed by atoms with E-state index in [-0.39, 0.29) is 0 Å². The van der Waals surface area contributed by atoms with Gasteiger partial charge in [-0.3, -0.25) is 0 Å². The zero-order valence-electron chi connectivity index (χ0n) is 24.9. The summed E-state index contributed by atoms with van der Waals surface area (Å²) in [7, 11) is 0. The van der Waals surface area contributed by atoms with Crippen LogP contribution < -0.4 is 4.74 Å². The number of benzene rings is 8. The summed E-state index contributed by atoms with van der Waals surface area (Å²) in [6, 6.07) is 58.3. The average Bonchev–Trinajstić information content (AvgIpc) is 3.57. The van der Waals surface area contributed by atoms with Crippen LogP contribution in [-0.4, -0.2) is 0 Å². The molecule has 212 valence electrons. The second kappa shape index (κ2) is 8.62. The molecular weight excluding hydrogens is 556 g/mol. The summed E-state index contributed by atoms with van der Waals surface area (Å²) < 4.78 is 6.45. The molecule has 0 saturated heterocycles. The SMILES string of the molecule is c1ccc2c(c1)Oc1ccc(-c3ccc4c(c3)C3(c5ccccc5-c5ccccc53)c3cc5ccccc5cc3-4)c3cccc-2c13. The Labute approximate surface area is 267 Å². The molecule has 8 aromatic rings. The second-order valence-electron chi connectivity index (χ2n) is 12.8. The lowest BCUT2D eigenvalue weighted by Gasteiger charge is -2.31. The molecule has 0 saturated carbocycles. The first-order valence-electron chi connectivity index (χ1n) is 16.0. The molecule has 1 heterocycles. The fourth-order valence-electron chi connectivity index (χ4n) is 8.82. The van der Waals surface area contributed by atoms with Gasteiger partial charge in [0.1, 0.15) is 11.5 Å². The maximum absolute atomic E-state index is 6.45. The summed E-state index contributed by atoms with van der Waals surface area (Å²) in [6.45, 7) is 0. The molecule has 0 aromatic heterocycles. The Balaban J connectivity index is 1.23. The Kier molecular flexibility index (Phi) is 4.57. The zero-order valence-corrected chi connectivity index (χ0v) is 24.9. The summed E-state index contributed by atoms with van der Waals surface area (Å²) in [4.78, 5) is 0. The topological polar surface area (TPSA) is 9.23 Å². The summed E-state index contributed by atoms with van der Waals surface area (Å²) in [5.74, 6) is 1.84. The Hall–Kier alpha value is -5.92. The quantitative estimate of drug-likeness (QED) is 0.187. The van der Waals surface area contributed by atoms with Crippen molar-refractivity contribution in [2.24, 2.45) is 0 Å². The molecule has 8 aromatic carbocycles. The molecule has 0 N–H and O–H groups in total. The predicted octanol–water partition coefficient (Wildman–Crippen LogP) is 11.8. The minimum Gasteiger partial charge on any atom is -0.456 e. The largest absolute Gasteiger partial charge is 0.456 e. The van der Waals surface area contributed by atoms with Gasteiger partial charge in [-0.05, 0) is 108 Å². The Morgan fingerprint density at radius 2 is 0.957 bits per heavy atom. The smallest absolute Gasteiger partial charge is 0.135 e. The third kappa shape index (κ3) is 2.91. The van der Waals surface area contributed by atoms with Crippen molar-refractivity contribution in [2.45, 2.75) is 5.41 Å². The molecular formula is C45H26O. The maximum Gasteiger partial charge on any atom is 0.135 e. The fraction of sp³-hybridized carbons (Fsp3) is 0.0222. The van der Waals surface area contributed by atoms with Gasteiger partial charge in [0.05, 0.1) is 5.41 Å². The second-order valence-corrected chi connectivity index (χ2v) is 12.8. The van der Waals surface area contributed by atoms with Crippen LogP contribution in [0.1, 0.15) is 22.3 Å². The summed E-state index contributed by atoms with van der Waals surface area (Å²) in [6.07, 6.45) is 0. The lowest BCUT2D eigenvalue weighted by atomic mass is 9.70. The molecule has 0 bridgehead atoms. The van der Waals surface area contributed by atoms with Crippen LogP contribution in [-0.2, 0) is 5.41 Å². The van der Waals surface area contributed by atoms with Crippen LogP contribution in [0, 0.1) is 0 Å². The van der Waals surface area contributed by atoms with Crippen LogP contribution in [0.3, 0.4) is 0 Å². The molecule has 1 nitrogen and oxygen atoms in total. The van der Waals surface area contributed by atoms with Crippen molar-refractivity contribution in [1.82, 2.24) is 0 Å². The molecule has 3 aliphatic rings. The van der Waals surface area contributed by atoms with Gasteiger partial charge in [-0.2, -0.15) is 0 Å². The van der Waals surface area contributed by atoms with E-state index in [4.69, 9.17) is 4.74 Å². The predicted molar refractivity (Wildman–Crippen MR) is 189 cm³/mol. The van der Waals surface area contributed by atoms with Crippen molar-refractivity contribution < 1.29 is 4.74 Å². The van der Waals surface area contributed by atoms with Crippen LogP contribution in [0.15, 0.2) is 158 Å². The Bertz CT molecular complexity index is 2580. The van der Waals surface area contributed by atoms with E-state index >= 15 is 0 Å². The van der Waals surface area contributed by atoms with Gasteiger partial charge in [-0.15, -0.1) is 0 Å². The van der Waals surface area contributed by atoms with Gasteiger partial charge in [0.2, 0.25) is 0 Å². The van der Waals surface area contributed by atoms with E-state index in [0.29, 0.717) is 0 Å². The highest BCUT2D eigenvalue weighted by Crippen LogP contribution is 2.63. The lowest BCUT2D eigenvalue weighted by molar-refractivity contribution is 0.487. The van der Waals surface area contributed by atoms with Gasteiger partial charge in [0.15, 0.2) is 0 Å². The third-order valence-electron chi connectivity index (χ3n) is 10.7. The molecule has 0 atom stereocenters. The highest BCUT2D eigenvalue weighted by atomic mass is 16.5. The maximum atomic E-state index is 6.45. The van der Waals surface area contributed by atoms with E-state index in [2.05, 4.69) is 152 Å². The lowest BCUT2D eigenvalue weighted by Crippen LogP contribution is -2.25. The summed E-state index contributed by atoms with van der Waals surface area (Å²) >= 11 is 0. The van der Waals surface area contributed by atoms with E-state index in [1.807, 2.05) is 6.07 Å². The molecule has 0 unspecified atom stereocenters. The molecule has 1 heteroatoms. The van der Waals surface area contributed by atoms with E-state index in [9.17, 15) is 0 Å². The van der Waals surface area contributed by atoms with Crippen molar-refractivity contribution >= 4 is 21.5 Å². The molecule has 1 aliphatic heterocycles. The number of fused-ring (bicyclic) bond motifs is 13. The van der Waals surface area contributed by atoms with Gasteiger partial charge < -0.3 is 4.74 Å². The van der Waals surface area contributed by atoms with Crippen molar-refractivity contribution in [3.05, 3.63) is 180 Å². The first-order chi connectivity index (χ1) is 22.8. The van der Waals surface area contributed by atoms with E-state index in [0.717, 1.165) is 17.1 Å². The van der Waals surface area contributed by atoms with Crippen molar-refractivity contribution in [1.29, 1.82) is 0 Å². The standard InChI is InChI=1S/C45H26O/c1-2-11-28-25-41-37(24-27(28)10-1)33-21-20-29(26-40(33)45(41)38-17-6-3-12-31(38)32-13-4-7-18-39(32)45)30-22-23-43-44-35(30)15-9-16-36(44)34-14-5-8-19-42(34)46-43/h1-26H.